The Morgan fingerprint density at radius 3 is 2.45 bits per heavy atom. The molecule has 0 aliphatic rings. The van der Waals surface area contributed by atoms with Crippen molar-refractivity contribution in [2.24, 2.45) is 0 Å². The molecule has 0 spiro atoms. The number of nitrogens with one attached hydrogen (secondary N) is 1. The third kappa shape index (κ3) is 3.27. The molecule has 4 heteroatoms. The van der Waals surface area contributed by atoms with Gasteiger partial charge < -0.3 is 10.2 Å². The largest absolute Gasteiger partial charge is 0.381 e. The van der Waals surface area contributed by atoms with Crippen molar-refractivity contribution in [2.45, 2.75) is 6.54 Å². The maximum Gasteiger partial charge on any atom is 0.141 e. The quantitative estimate of drug-likeness (QED) is 0.924. The molecule has 0 aliphatic heterocycles. The van der Waals surface area contributed by atoms with E-state index in [2.05, 4.69) is 5.32 Å². The van der Waals surface area contributed by atoms with E-state index >= 15 is 0 Å². The Bertz CT molecular complexity index is 627. The van der Waals surface area contributed by atoms with Gasteiger partial charge in [-0.15, -0.1) is 0 Å². The van der Waals surface area contributed by atoms with Crippen LogP contribution < -0.4 is 10.2 Å². The summed E-state index contributed by atoms with van der Waals surface area (Å²) in [6, 6.07) is 14.4. The second kappa shape index (κ2) is 6.07. The second-order valence-electron chi connectivity index (χ2n) is 4.72. The van der Waals surface area contributed by atoms with Gasteiger partial charge in [0, 0.05) is 32.0 Å². The van der Waals surface area contributed by atoms with Crippen molar-refractivity contribution in [3.05, 3.63) is 59.4 Å². The van der Waals surface area contributed by atoms with E-state index < -0.39 is 5.82 Å². The Labute approximate surface area is 118 Å². The van der Waals surface area contributed by atoms with Gasteiger partial charge in [-0.05, 0) is 35.9 Å². The normalized spacial score (nSPS) is 9.90. The number of benzene rings is 2. The van der Waals surface area contributed by atoms with Crippen molar-refractivity contribution in [3.8, 4) is 6.07 Å². The molecule has 0 heterocycles. The lowest BCUT2D eigenvalue weighted by Gasteiger charge is -2.13. The van der Waals surface area contributed by atoms with Crippen LogP contribution in [0.5, 0.6) is 0 Å². The minimum Gasteiger partial charge on any atom is -0.381 e. The van der Waals surface area contributed by atoms with E-state index in [0.29, 0.717) is 6.54 Å². The second-order valence-corrected chi connectivity index (χ2v) is 4.72. The number of nitriles is 1. The van der Waals surface area contributed by atoms with E-state index in [1.54, 1.807) is 6.07 Å². The Kier molecular flexibility index (Phi) is 4.21. The molecule has 0 radical (unpaired) electrons. The topological polar surface area (TPSA) is 39.1 Å². The number of anilines is 2. The molecule has 0 bridgehead atoms. The summed E-state index contributed by atoms with van der Waals surface area (Å²) in [7, 11) is 3.99. The number of hydrogen-bond donors (Lipinski definition) is 1. The van der Waals surface area contributed by atoms with Gasteiger partial charge in [0.1, 0.15) is 11.9 Å². The van der Waals surface area contributed by atoms with Crippen molar-refractivity contribution < 1.29 is 4.39 Å². The first-order valence-corrected chi connectivity index (χ1v) is 6.30. The molecule has 0 aliphatic carbocycles. The monoisotopic (exact) mass is 269 g/mol. The number of halogens is 1. The van der Waals surface area contributed by atoms with Crippen LogP contribution in [0.15, 0.2) is 42.5 Å². The molecule has 2 aromatic carbocycles. The Hall–Kier alpha value is -2.54. The van der Waals surface area contributed by atoms with Gasteiger partial charge in [0.05, 0.1) is 5.56 Å². The molecule has 0 saturated heterocycles. The summed E-state index contributed by atoms with van der Waals surface area (Å²) in [6.45, 7) is 0.629. The highest BCUT2D eigenvalue weighted by Gasteiger charge is 2.02. The predicted molar refractivity (Wildman–Crippen MR) is 79.2 cm³/mol. The fourth-order valence-corrected chi connectivity index (χ4v) is 1.84. The van der Waals surface area contributed by atoms with Crippen molar-refractivity contribution in [2.75, 3.05) is 24.3 Å². The van der Waals surface area contributed by atoms with E-state index in [4.69, 9.17) is 5.26 Å². The number of nitrogens with zero attached hydrogens (tertiary/aromatic N) is 2. The molecule has 0 unspecified atom stereocenters. The van der Waals surface area contributed by atoms with E-state index in [-0.39, 0.29) is 5.56 Å². The van der Waals surface area contributed by atoms with Gasteiger partial charge in [-0.1, -0.05) is 12.1 Å². The SMILES string of the molecule is CN(C)c1ccc(CNc2ccc(F)c(C#N)c2)cc1. The molecule has 0 fully saturated rings. The lowest BCUT2D eigenvalue weighted by molar-refractivity contribution is 0.624. The summed E-state index contributed by atoms with van der Waals surface area (Å²) >= 11 is 0. The van der Waals surface area contributed by atoms with Crippen LogP contribution in [0.4, 0.5) is 15.8 Å². The maximum atomic E-state index is 13.2. The first kappa shape index (κ1) is 13.9. The van der Waals surface area contributed by atoms with Crippen molar-refractivity contribution >= 4 is 11.4 Å². The van der Waals surface area contributed by atoms with Crippen LogP contribution in [0.1, 0.15) is 11.1 Å². The van der Waals surface area contributed by atoms with E-state index in [0.717, 1.165) is 16.9 Å². The van der Waals surface area contributed by atoms with Crippen molar-refractivity contribution in [3.63, 3.8) is 0 Å². The molecule has 20 heavy (non-hydrogen) atoms. The van der Waals surface area contributed by atoms with Gasteiger partial charge in [-0.3, -0.25) is 0 Å². The average Bonchev–Trinajstić information content (AvgIpc) is 2.46. The van der Waals surface area contributed by atoms with E-state index in [1.807, 2.05) is 49.3 Å². The maximum absolute atomic E-state index is 13.2. The summed E-state index contributed by atoms with van der Waals surface area (Å²) in [5.41, 5.74) is 3.05. The lowest BCUT2D eigenvalue weighted by Crippen LogP contribution is -2.08. The minimum atomic E-state index is -0.492. The predicted octanol–water partition coefficient (Wildman–Crippen LogP) is 3.38. The van der Waals surface area contributed by atoms with E-state index in [1.165, 1.54) is 12.1 Å². The van der Waals surface area contributed by atoms with Crippen LogP contribution in [0.2, 0.25) is 0 Å². The Balaban J connectivity index is 2.03. The third-order valence-corrected chi connectivity index (χ3v) is 3.04. The molecule has 2 rings (SSSR count). The molecule has 0 amide bonds. The molecule has 2 aromatic rings. The molecule has 0 saturated carbocycles. The van der Waals surface area contributed by atoms with Gasteiger partial charge in [0.15, 0.2) is 0 Å². The molecule has 1 N–H and O–H groups in total. The summed E-state index contributed by atoms with van der Waals surface area (Å²) in [4.78, 5) is 2.04. The first-order valence-electron chi connectivity index (χ1n) is 6.30. The molecule has 0 aromatic heterocycles. The van der Waals surface area contributed by atoms with Crippen LogP contribution in [-0.4, -0.2) is 14.1 Å². The Morgan fingerprint density at radius 1 is 1.15 bits per heavy atom. The highest BCUT2D eigenvalue weighted by Crippen LogP contribution is 2.16. The number of hydrogen-bond acceptors (Lipinski definition) is 3. The van der Waals surface area contributed by atoms with Gasteiger partial charge in [0.2, 0.25) is 0 Å². The lowest BCUT2D eigenvalue weighted by atomic mass is 10.1. The van der Waals surface area contributed by atoms with Crippen LogP contribution in [0, 0.1) is 17.1 Å². The fraction of sp³-hybridized carbons (Fsp3) is 0.188. The molecular weight excluding hydrogens is 253 g/mol. The van der Waals surface area contributed by atoms with Crippen molar-refractivity contribution in [1.82, 2.24) is 0 Å². The molecular formula is C16H16FN3. The van der Waals surface area contributed by atoms with Gasteiger partial charge >= 0.3 is 0 Å². The van der Waals surface area contributed by atoms with Crippen LogP contribution >= 0.6 is 0 Å². The van der Waals surface area contributed by atoms with Crippen LogP contribution in [0.25, 0.3) is 0 Å². The average molecular weight is 269 g/mol. The summed E-state index contributed by atoms with van der Waals surface area (Å²) < 4.78 is 13.2. The zero-order chi connectivity index (χ0) is 14.5. The molecule has 0 atom stereocenters. The Morgan fingerprint density at radius 2 is 1.85 bits per heavy atom. The summed E-state index contributed by atoms with van der Waals surface area (Å²) in [6.07, 6.45) is 0. The van der Waals surface area contributed by atoms with Crippen LogP contribution in [0.3, 0.4) is 0 Å². The molecule has 102 valence electrons. The van der Waals surface area contributed by atoms with Gasteiger partial charge in [0.25, 0.3) is 0 Å². The van der Waals surface area contributed by atoms with Crippen LogP contribution in [-0.2, 0) is 6.54 Å². The van der Waals surface area contributed by atoms with E-state index in [9.17, 15) is 4.39 Å². The highest BCUT2D eigenvalue weighted by molar-refractivity contribution is 5.51. The minimum absolute atomic E-state index is 0.0537. The first-order chi connectivity index (χ1) is 9.60. The fourth-order valence-electron chi connectivity index (χ4n) is 1.84. The standard InChI is InChI=1S/C16H16FN3/c1-20(2)15-6-3-12(4-7-15)11-19-14-5-8-16(17)13(9-14)10-18/h3-9,19H,11H2,1-2H3. The van der Waals surface area contributed by atoms with Crippen molar-refractivity contribution in [1.29, 1.82) is 5.26 Å². The highest BCUT2D eigenvalue weighted by atomic mass is 19.1. The smallest absolute Gasteiger partial charge is 0.141 e. The van der Waals surface area contributed by atoms with Gasteiger partial charge in [-0.25, -0.2) is 4.39 Å². The summed E-state index contributed by atoms with van der Waals surface area (Å²) in [5, 5.41) is 12.0. The number of rotatable bonds is 4. The third-order valence-electron chi connectivity index (χ3n) is 3.04. The van der Waals surface area contributed by atoms with Gasteiger partial charge in [-0.2, -0.15) is 5.26 Å². The molecule has 3 nitrogen and oxygen atoms in total. The zero-order valence-corrected chi connectivity index (χ0v) is 11.5. The zero-order valence-electron chi connectivity index (χ0n) is 11.5. The summed E-state index contributed by atoms with van der Waals surface area (Å²) in [5.74, 6) is -0.492.